The zero-order valence-electron chi connectivity index (χ0n) is 5.00. The van der Waals surface area contributed by atoms with Crippen molar-refractivity contribution < 1.29 is 0 Å². The van der Waals surface area contributed by atoms with Gasteiger partial charge in [0.05, 0.1) is 0 Å². The van der Waals surface area contributed by atoms with E-state index in [1.165, 1.54) is 5.70 Å². The average molecular weight is 140 g/mol. The highest BCUT2D eigenvalue weighted by Gasteiger charge is 2.16. The molecule has 1 saturated heterocycles. The van der Waals surface area contributed by atoms with Gasteiger partial charge in [0.2, 0.25) is 0 Å². The molecule has 1 N–H and O–H groups in total. The van der Waals surface area contributed by atoms with Crippen molar-refractivity contribution in [2.75, 3.05) is 13.1 Å². The Hall–Kier alpha value is -0.410. The Balaban J connectivity index is 2.23. The Morgan fingerprint density at radius 3 is 3.56 bits per heavy atom. The molecule has 2 heterocycles. The summed E-state index contributed by atoms with van der Waals surface area (Å²) >= 11 is 1.69. The number of hydrogen-bond acceptors (Lipinski definition) is 3. The fourth-order valence-electron chi connectivity index (χ4n) is 0.963. The van der Waals surface area contributed by atoms with Crippen molar-refractivity contribution in [1.82, 2.24) is 9.03 Å². The topological polar surface area (TPSA) is 15.3 Å². The summed E-state index contributed by atoms with van der Waals surface area (Å²) < 4.78 is 5.45. The molecule has 2 rings (SSSR count). The first-order chi connectivity index (χ1) is 4.47. The van der Waals surface area contributed by atoms with E-state index in [-0.39, 0.29) is 0 Å². The largest absolute Gasteiger partial charge is 0.302 e. The first-order valence-electron chi connectivity index (χ1n) is 3.00. The lowest BCUT2D eigenvalue weighted by atomic mass is 10.3. The zero-order valence-corrected chi connectivity index (χ0v) is 5.82. The van der Waals surface area contributed by atoms with E-state index >= 15 is 0 Å². The van der Waals surface area contributed by atoms with Crippen molar-refractivity contribution in [2.45, 2.75) is 0 Å². The van der Waals surface area contributed by atoms with E-state index in [1.807, 2.05) is 0 Å². The number of rotatable bonds is 0. The Bertz CT molecular complexity index is 174. The quantitative estimate of drug-likeness (QED) is 0.503. The second-order valence-corrected chi connectivity index (χ2v) is 2.97. The normalized spacial score (nSPS) is 24.0. The van der Waals surface area contributed by atoms with E-state index < -0.39 is 0 Å². The third-order valence-electron chi connectivity index (χ3n) is 1.44. The first kappa shape index (κ1) is 5.38. The third-order valence-corrected chi connectivity index (χ3v) is 2.32. The number of fused-ring (bicyclic) bond motifs is 1. The lowest BCUT2D eigenvalue weighted by molar-refractivity contribution is 0.644. The lowest BCUT2D eigenvalue weighted by Gasteiger charge is -2.16. The van der Waals surface area contributed by atoms with Crippen LogP contribution in [0, 0.1) is 0 Å². The molecule has 0 unspecified atom stereocenters. The lowest BCUT2D eigenvalue weighted by Crippen LogP contribution is -2.12. The van der Waals surface area contributed by atoms with Gasteiger partial charge in [-0.25, -0.2) is 4.72 Å². The van der Waals surface area contributed by atoms with Crippen LogP contribution in [0.15, 0.2) is 23.9 Å². The van der Waals surface area contributed by atoms with E-state index in [1.54, 1.807) is 12.1 Å². The smallest absolute Gasteiger partial charge is 0.0488 e. The van der Waals surface area contributed by atoms with Crippen LogP contribution in [0.3, 0.4) is 0 Å². The monoisotopic (exact) mass is 140 g/mol. The van der Waals surface area contributed by atoms with Crippen molar-refractivity contribution in [2.24, 2.45) is 0 Å². The summed E-state index contributed by atoms with van der Waals surface area (Å²) in [6.07, 6.45) is 6.42. The second kappa shape index (κ2) is 2.08. The molecule has 1 fully saturated rings. The van der Waals surface area contributed by atoms with Gasteiger partial charge in [0.1, 0.15) is 0 Å². The summed E-state index contributed by atoms with van der Waals surface area (Å²) in [5, 5.41) is 0. The fraction of sp³-hybridized carbons (Fsp3) is 0.333. The molecule has 48 valence electrons. The highest BCUT2D eigenvalue weighted by Crippen LogP contribution is 2.22. The van der Waals surface area contributed by atoms with Crippen LogP contribution in [0.2, 0.25) is 0 Å². The van der Waals surface area contributed by atoms with Gasteiger partial charge in [0, 0.05) is 30.9 Å². The van der Waals surface area contributed by atoms with Crippen LogP contribution < -0.4 is 4.72 Å². The molecule has 0 aromatic rings. The van der Waals surface area contributed by atoms with E-state index in [2.05, 4.69) is 27.3 Å². The number of allylic oxidation sites excluding steroid dienone is 2. The molecule has 0 amide bonds. The average Bonchev–Trinajstić information content (AvgIpc) is 2.33. The van der Waals surface area contributed by atoms with Crippen LogP contribution in [0.4, 0.5) is 0 Å². The van der Waals surface area contributed by atoms with Gasteiger partial charge in [-0.15, -0.1) is 0 Å². The van der Waals surface area contributed by atoms with Crippen LogP contribution >= 0.6 is 12.1 Å². The molecule has 0 aromatic carbocycles. The molecular weight excluding hydrogens is 132 g/mol. The van der Waals surface area contributed by atoms with Crippen LogP contribution in [0.5, 0.6) is 0 Å². The third kappa shape index (κ3) is 0.862. The minimum atomic E-state index is 1.01. The van der Waals surface area contributed by atoms with Crippen molar-refractivity contribution in [3.05, 3.63) is 23.9 Å². The Kier molecular flexibility index (Phi) is 1.24. The van der Waals surface area contributed by atoms with Crippen LogP contribution in [-0.4, -0.2) is 17.4 Å². The predicted molar refractivity (Wildman–Crippen MR) is 39.5 cm³/mol. The molecule has 0 bridgehead atoms. The molecule has 3 heteroatoms. The first-order valence-corrected chi connectivity index (χ1v) is 3.77. The minimum absolute atomic E-state index is 1.01. The zero-order chi connectivity index (χ0) is 6.10. The van der Waals surface area contributed by atoms with E-state index in [0.717, 1.165) is 13.1 Å². The molecule has 0 aromatic heterocycles. The van der Waals surface area contributed by atoms with E-state index in [4.69, 9.17) is 0 Å². The van der Waals surface area contributed by atoms with Gasteiger partial charge >= 0.3 is 0 Å². The van der Waals surface area contributed by atoms with Gasteiger partial charge in [0.15, 0.2) is 0 Å². The molecule has 0 spiro atoms. The summed E-state index contributed by atoms with van der Waals surface area (Å²) in [6.45, 7) is 2.05. The van der Waals surface area contributed by atoms with Crippen molar-refractivity contribution in [3.63, 3.8) is 0 Å². The maximum Gasteiger partial charge on any atom is 0.0488 e. The molecule has 2 aliphatic heterocycles. The van der Waals surface area contributed by atoms with Gasteiger partial charge < -0.3 is 4.31 Å². The molecule has 0 atom stereocenters. The Labute approximate surface area is 58.9 Å². The number of hydrogen-bond donors (Lipinski definition) is 1. The van der Waals surface area contributed by atoms with Gasteiger partial charge in [-0.3, -0.25) is 0 Å². The van der Waals surface area contributed by atoms with Crippen LogP contribution in [-0.2, 0) is 0 Å². The van der Waals surface area contributed by atoms with Gasteiger partial charge in [-0.05, 0) is 6.08 Å². The molecule has 0 radical (unpaired) electrons. The van der Waals surface area contributed by atoms with Crippen molar-refractivity contribution in [3.8, 4) is 0 Å². The maximum atomic E-state index is 3.20. The summed E-state index contributed by atoms with van der Waals surface area (Å²) in [6, 6.07) is 0. The second-order valence-electron chi connectivity index (χ2n) is 2.06. The summed E-state index contributed by atoms with van der Waals surface area (Å²) in [4.78, 5) is 0. The Morgan fingerprint density at radius 2 is 2.67 bits per heavy atom. The van der Waals surface area contributed by atoms with Gasteiger partial charge in [-0.1, -0.05) is 12.2 Å². The molecule has 0 aliphatic carbocycles. The molecular formula is C6H8N2S. The van der Waals surface area contributed by atoms with Crippen LogP contribution in [0.25, 0.3) is 0 Å². The van der Waals surface area contributed by atoms with Gasteiger partial charge in [0.25, 0.3) is 0 Å². The van der Waals surface area contributed by atoms with Crippen molar-refractivity contribution in [1.29, 1.82) is 0 Å². The fourth-order valence-corrected chi connectivity index (χ4v) is 1.73. The highest BCUT2D eigenvalue weighted by molar-refractivity contribution is 7.95. The summed E-state index contributed by atoms with van der Waals surface area (Å²) in [7, 11) is 0. The summed E-state index contributed by atoms with van der Waals surface area (Å²) in [5.41, 5.74) is 1.39. The van der Waals surface area contributed by atoms with E-state index in [0.29, 0.717) is 0 Å². The number of nitrogens with zero attached hydrogens (tertiary/aromatic N) is 1. The van der Waals surface area contributed by atoms with Gasteiger partial charge in [-0.2, -0.15) is 0 Å². The number of nitrogens with one attached hydrogen (secondary N) is 1. The maximum absolute atomic E-state index is 3.20. The van der Waals surface area contributed by atoms with E-state index in [9.17, 15) is 0 Å². The molecule has 2 aliphatic rings. The molecule has 2 nitrogen and oxygen atoms in total. The van der Waals surface area contributed by atoms with Crippen molar-refractivity contribution >= 4 is 12.1 Å². The highest BCUT2D eigenvalue weighted by atomic mass is 32.2. The minimum Gasteiger partial charge on any atom is -0.302 e. The SMILES string of the molecule is C1=CCN2SNCC2=C1. The standard InChI is InChI=1S/C6H8N2S/c1-2-4-8-6(3-1)5-7-9-8/h1-3,7H,4-5H2. The molecule has 9 heavy (non-hydrogen) atoms. The Morgan fingerprint density at radius 1 is 1.67 bits per heavy atom. The predicted octanol–water partition coefficient (Wildman–Crippen LogP) is 0.909. The summed E-state index contributed by atoms with van der Waals surface area (Å²) in [5.74, 6) is 0. The van der Waals surface area contributed by atoms with Crippen LogP contribution in [0.1, 0.15) is 0 Å². The molecule has 0 saturated carbocycles.